The van der Waals surface area contributed by atoms with E-state index in [0.717, 1.165) is 0 Å². The van der Waals surface area contributed by atoms with Gasteiger partial charge in [-0.25, -0.2) is 4.79 Å². The van der Waals surface area contributed by atoms with Crippen LogP contribution in [0.3, 0.4) is 0 Å². The predicted octanol–water partition coefficient (Wildman–Crippen LogP) is 1.23. The summed E-state index contributed by atoms with van der Waals surface area (Å²) < 4.78 is 10.3. The summed E-state index contributed by atoms with van der Waals surface area (Å²) in [6, 6.07) is -0.831. The maximum absolute atomic E-state index is 12.2. The van der Waals surface area contributed by atoms with Crippen LogP contribution in [-0.2, 0) is 19.1 Å². The van der Waals surface area contributed by atoms with Crippen LogP contribution in [0.1, 0.15) is 34.1 Å². The van der Waals surface area contributed by atoms with Crippen LogP contribution in [0.4, 0.5) is 4.79 Å². The quantitative estimate of drug-likeness (QED) is 0.573. The molecule has 0 saturated carbocycles. The fourth-order valence-corrected chi connectivity index (χ4v) is 2.99. The molecular weight excluding hydrogens is 340 g/mol. The van der Waals surface area contributed by atoms with E-state index in [1.54, 1.807) is 20.8 Å². The zero-order valence-corrected chi connectivity index (χ0v) is 15.1. The number of hydrogen-bond acceptors (Lipinski definition) is 6. The topological polar surface area (TPSA) is 105 Å². The maximum atomic E-state index is 12.2. The molecule has 2 saturated heterocycles. The smallest absolute Gasteiger partial charge is 0.413 e. The largest absolute Gasteiger partial charge is 0.480 e. The third-order valence-electron chi connectivity index (χ3n) is 4.23. The summed E-state index contributed by atoms with van der Waals surface area (Å²) in [5.41, 5.74) is -0.677. The number of amides is 1. The van der Waals surface area contributed by atoms with E-state index >= 15 is 0 Å². The molecule has 138 valence electrons. The van der Waals surface area contributed by atoms with Crippen LogP contribution in [-0.4, -0.2) is 59.5 Å². The molecule has 24 heavy (non-hydrogen) atoms. The second-order valence-corrected chi connectivity index (χ2v) is 7.04. The lowest BCUT2D eigenvalue weighted by molar-refractivity contribution is -0.175. The second-order valence-electron chi connectivity index (χ2n) is 7.04. The average molecular weight is 365 g/mol. The first-order valence-electron chi connectivity index (χ1n) is 7.76. The van der Waals surface area contributed by atoms with Crippen molar-refractivity contribution in [2.75, 3.05) is 13.1 Å². The summed E-state index contributed by atoms with van der Waals surface area (Å²) in [5.74, 6) is -1.47. The van der Waals surface area contributed by atoms with Gasteiger partial charge in [-0.2, -0.15) is 0 Å². The fourth-order valence-electron chi connectivity index (χ4n) is 2.99. The van der Waals surface area contributed by atoms with Crippen molar-refractivity contribution in [2.24, 2.45) is 11.3 Å². The third kappa shape index (κ3) is 4.30. The third-order valence-corrected chi connectivity index (χ3v) is 4.23. The minimum Gasteiger partial charge on any atom is -0.480 e. The van der Waals surface area contributed by atoms with Gasteiger partial charge in [0.25, 0.3) is 0 Å². The van der Waals surface area contributed by atoms with E-state index in [-0.39, 0.29) is 24.4 Å². The lowest BCUT2D eigenvalue weighted by Crippen LogP contribution is -2.41. The molecule has 0 aromatic heterocycles. The molecular formula is C15H25ClN2O6. The van der Waals surface area contributed by atoms with Crippen molar-refractivity contribution in [3.8, 4) is 0 Å². The standard InChI is InChI=1S/C15H24N2O6.ClH/c1-8(22-13(20)15(2,3)4)23-14(21)17-6-5-9-10(17)7-16-11(9)12(18)19;/h8-11,16H,5-7H2,1-4H3,(H,18,19);1H. The summed E-state index contributed by atoms with van der Waals surface area (Å²) >= 11 is 0. The summed E-state index contributed by atoms with van der Waals surface area (Å²) in [5, 5.41) is 12.1. The molecule has 8 nitrogen and oxygen atoms in total. The van der Waals surface area contributed by atoms with E-state index in [9.17, 15) is 14.4 Å². The van der Waals surface area contributed by atoms with Crippen LogP contribution >= 0.6 is 12.4 Å². The van der Waals surface area contributed by atoms with Crippen molar-refractivity contribution >= 4 is 30.4 Å². The van der Waals surface area contributed by atoms with Gasteiger partial charge >= 0.3 is 18.0 Å². The number of esters is 1. The van der Waals surface area contributed by atoms with Crippen LogP contribution in [0.25, 0.3) is 0 Å². The molecule has 1 amide bonds. The highest BCUT2D eigenvalue weighted by molar-refractivity contribution is 5.85. The molecule has 0 aromatic rings. The Morgan fingerprint density at radius 3 is 2.42 bits per heavy atom. The number of carboxylic acids is 1. The number of halogens is 1. The molecule has 0 aliphatic carbocycles. The summed E-state index contributed by atoms with van der Waals surface area (Å²) in [6.45, 7) is 7.50. The SMILES string of the molecule is CC(OC(=O)N1CCC2C(C(=O)O)NCC21)OC(=O)C(C)(C)C.Cl. The van der Waals surface area contributed by atoms with Crippen LogP contribution in [0.2, 0.25) is 0 Å². The van der Waals surface area contributed by atoms with Crippen LogP contribution in [0.5, 0.6) is 0 Å². The van der Waals surface area contributed by atoms with Gasteiger partial charge in [0, 0.05) is 25.9 Å². The van der Waals surface area contributed by atoms with Crippen molar-refractivity contribution < 1.29 is 29.0 Å². The van der Waals surface area contributed by atoms with Crippen molar-refractivity contribution in [1.82, 2.24) is 10.2 Å². The molecule has 4 atom stereocenters. The van der Waals surface area contributed by atoms with Crippen LogP contribution < -0.4 is 5.32 Å². The van der Waals surface area contributed by atoms with Crippen LogP contribution in [0.15, 0.2) is 0 Å². The zero-order chi connectivity index (χ0) is 17.4. The molecule has 4 unspecified atom stereocenters. The number of nitrogens with zero attached hydrogens (tertiary/aromatic N) is 1. The molecule has 0 spiro atoms. The molecule has 9 heteroatoms. The number of likely N-dealkylation sites (tertiary alicyclic amines) is 1. The normalized spacial score (nSPS) is 27.0. The lowest BCUT2D eigenvalue weighted by atomic mass is 9.97. The Hall–Kier alpha value is -1.54. The molecule has 2 aliphatic heterocycles. The minimum absolute atomic E-state index is 0. The average Bonchev–Trinajstić information content (AvgIpc) is 2.96. The molecule has 2 heterocycles. The van der Waals surface area contributed by atoms with Gasteiger partial charge < -0.3 is 24.8 Å². The number of hydrogen-bond donors (Lipinski definition) is 2. The van der Waals surface area contributed by atoms with Gasteiger partial charge in [0.1, 0.15) is 6.04 Å². The van der Waals surface area contributed by atoms with Gasteiger partial charge in [0.2, 0.25) is 6.29 Å². The van der Waals surface area contributed by atoms with E-state index in [0.29, 0.717) is 19.5 Å². The van der Waals surface area contributed by atoms with Crippen molar-refractivity contribution in [2.45, 2.75) is 52.5 Å². The monoisotopic (exact) mass is 364 g/mol. The van der Waals surface area contributed by atoms with Gasteiger partial charge in [-0.1, -0.05) is 0 Å². The Balaban J connectivity index is 0.00000288. The van der Waals surface area contributed by atoms with Gasteiger partial charge in [0.15, 0.2) is 0 Å². The fraction of sp³-hybridized carbons (Fsp3) is 0.800. The first kappa shape index (κ1) is 20.5. The number of fused-ring (bicyclic) bond motifs is 1. The highest BCUT2D eigenvalue weighted by Crippen LogP contribution is 2.32. The number of rotatable bonds is 3. The van der Waals surface area contributed by atoms with Gasteiger partial charge in [-0.3, -0.25) is 9.59 Å². The summed E-state index contributed by atoms with van der Waals surface area (Å²) in [7, 11) is 0. The van der Waals surface area contributed by atoms with E-state index < -0.39 is 35.8 Å². The zero-order valence-electron chi connectivity index (χ0n) is 14.3. The van der Waals surface area contributed by atoms with Crippen molar-refractivity contribution in [3.63, 3.8) is 0 Å². The van der Waals surface area contributed by atoms with Crippen molar-refractivity contribution in [3.05, 3.63) is 0 Å². The van der Waals surface area contributed by atoms with Gasteiger partial charge in [-0.05, 0) is 27.2 Å². The molecule has 2 aliphatic rings. The highest BCUT2D eigenvalue weighted by atomic mass is 35.5. The summed E-state index contributed by atoms with van der Waals surface area (Å²) in [6.07, 6.45) is -0.961. The Morgan fingerprint density at radius 1 is 1.25 bits per heavy atom. The molecule has 2 rings (SSSR count). The van der Waals surface area contributed by atoms with Crippen LogP contribution in [0, 0.1) is 11.3 Å². The maximum Gasteiger partial charge on any atom is 0.413 e. The Morgan fingerprint density at radius 2 is 1.88 bits per heavy atom. The number of carbonyl (C=O) groups is 3. The Kier molecular flexibility index (Phi) is 6.46. The number of aliphatic carboxylic acids is 1. The number of nitrogens with one attached hydrogen (secondary N) is 1. The first-order chi connectivity index (χ1) is 10.6. The highest BCUT2D eigenvalue weighted by Gasteiger charge is 2.48. The molecule has 2 fully saturated rings. The molecule has 0 radical (unpaired) electrons. The number of carboxylic acid groups (broad SMARTS) is 1. The molecule has 0 aromatic carbocycles. The van der Waals surface area contributed by atoms with Gasteiger partial charge in [-0.15, -0.1) is 12.4 Å². The van der Waals surface area contributed by atoms with E-state index in [2.05, 4.69) is 5.32 Å². The van der Waals surface area contributed by atoms with Crippen molar-refractivity contribution in [1.29, 1.82) is 0 Å². The van der Waals surface area contributed by atoms with E-state index in [4.69, 9.17) is 14.6 Å². The van der Waals surface area contributed by atoms with E-state index in [1.165, 1.54) is 11.8 Å². The Bertz CT molecular complexity index is 507. The number of carbonyl (C=O) groups excluding carboxylic acids is 2. The second kappa shape index (κ2) is 7.57. The molecule has 0 bridgehead atoms. The predicted molar refractivity (Wildman–Crippen MR) is 86.8 cm³/mol. The lowest BCUT2D eigenvalue weighted by Gasteiger charge is -2.26. The van der Waals surface area contributed by atoms with Gasteiger partial charge in [0.05, 0.1) is 11.5 Å². The van der Waals surface area contributed by atoms with E-state index in [1.807, 2.05) is 0 Å². The molecule has 2 N–H and O–H groups in total. The minimum atomic E-state index is -0.988. The Labute approximate surface area is 147 Å². The number of ether oxygens (including phenoxy) is 2. The summed E-state index contributed by atoms with van der Waals surface area (Å²) in [4.78, 5) is 36.7. The first-order valence-corrected chi connectivity index (χ1v) is 7.76.